The molecule has 27 heavy (non-hydrogen) atoms. The number of carbonyl (C=O) groups excluding carboxylic acids is 2. The van der Waals surface area contributed by atoms with Gasteiger partial charge in [0.2, 0.25) is 0 Å². The lowest BCUT2D eigenvalue weighted by atomic mass is 9.88. The first-order chi connectivity index (χ1) is 12.8. The van der Waals surface area contributed by atoms with Crippen LogP contribution in [0.2, 0.25) is 0 Å². The Kier molecular flexibility index (Phi) is 5.61. The van der Waals surface area contributed by atoms with Crippen molar-refractivity contribution in [1.29, 1.82) is 0 Å². The molecule has 2 aromatic rings. The Morgan fingerprint density at radius 2 is 1.70 bits per heavy atom. The molecule has 0 aliphatic carbocycles. The number of nitrogens with one attached hydrogen (secondary N) is 2. The van der Waals surface area contributed by atoms with Crippen molar-refractivity contribution in [3.8, 4) is 11.1 Å². The summed E-state index contributed by atoms with van der Waals surface area (Å²) in [4.78, 5) is 25.7. The van der Waals surface area contributed by atoms with Crippen molar-refractivity contribution in [3.63, 3.8) is 0 Å². The van der Waals surface area contributed by atoms with Crippen LogP contribution in [0.4, 0.5) is 4.79 Å². The highest BCUT2D eigenvalue weighted by Gasteiger charge is 2.36. The molecule has 2 atom stereocenters. The first-order valence-electron chi connectivity index (χ1n) is 9.27. The number of Topliss-reactive ketones (excluding diaryl/α,β-unsaturated/α-hetero) is 1. The molecule has 3 rings (SSSR count). The van der Waals surface area contributed by atoms with E-state index in [1.165, 1.54) is 0 Å². The molecule has 5 heteroatoms. The van der Waals surface area contributed by atoms with Gasteiger partial charge in [0.15, 0.2) is 5.78 Å². The fourth-order valence-corrected chi connectivity index (χ4v) is 3.11. The lowest BCUT2D eigenvalue weighted by Gasteiger charge is -2.35. The van der Waals surface area contributed by atoms with Gasteiger partial charge in [0.05, 0.1) is 0 Å². The zero-order valence-corrected chi connectivity index (χ0v) is 16.0. The first kappa shape index (κ1) is 19.1. The average Bonchev–Trinajstić information content (AvgIpc) is 2.58. The number of ether oxygens (including phenoxy) is 1. The minimum atomic E-state index is -0.668. The number of hydrogen-bond donors (Lipinski definition) is 2. The van der Waals surface area contributed by atoms with Gasteiger partial charge in [-0.1, -0.05) is 54.6 Å². The topological polar surface area (TPSA) is 67.4 Å². The summed E-state index contributed by atoms with van der Waals surface area (Å²) >= 11 is 0. The van der Waals surface area contributed by atoms with Crippen molar-refractivity contribution >= 4 is 11.9 Å². The lowest BCUT2D eigenvalue weighted by molar-refractivity contribution is 0.0466. The molecule has 0 spiro atoms. The highest BCUT2D eigenvalue weighted by Crippen LogP contribution is 2.26. The zero-order valence-electron chi connectivity index (χ0n) is 16.0. The van der Waals surface area contributed by atoms with Gasteiger partial charge in [-0.3, -0.25) is 4.79 Å². The van der Waals surface area contributed by atoms with E-state index in [0.29, 0.717) is 5.56 Å². The smallest absolute Gasteiger partial charge is 0.408 e. The van der Waals surface area contributed by atoms with Crippen LogP contribution in [0.5, 0.6) is 0 Å². The summed E-state index contributed by atoms with van der Waals surface area (Å²) in [6, 6.07) is 16.5. The van der Waals surface area contributed by atoms with Crippen molar-refractivity contribution in [2.75, 3.05) is 6.54 Å². The van der Waals surface area contributed by atoms with Crippen LogP contribution >= 0.6 is 0 Å². The SMILES string of the molecule is CC(C)(C)OC(=O)NC(C(=O)c1ccccc1-c1ccccc1)C1CCN1. The van der Waals surface area contributed by atoms with E-state index in [1.54, 1.807) is 20.8 Å². The molecule has 1 saturated heterocycles. The summed E-state index contributed by atoms with van der Waals surface area (Å²) in [7, 11) is 0. The van der Waals surface area contributed by atoms with Crippen molar-refractivity contribution in [3.05, 3.63) is 60.2 Å². The number of carbonyl (C=O) groups is 2. The van der Waals surface area contributed by atoms with Gasteiger partial charge in [-0.25, -0.2) is 4.79 Å². The van der Waals surface area contributed by atoms with E-state index in [9.17, 15) is 9.59 Å². The summed E-state index contributed by atoms with van der Waals surface area (Å²) in [6.07, 6.45) is 0.256. The quantitative estimate of drug-likeness (QED) is 0.790. The van der Waals surface area contributed by atoms with Crippen molar-refractivity contribution in [2.45, 2.75) is 44.9 Å². The van der Waals surface area contributed by atoms with Crippen molar-refractivity contribution in [1.82, 2.24) is 10.6 Å². The minimum absolute atomic E-state index is 0.0890. The molecule has 1 amide bonds. The molecule has 142 valence electrons. The van der Waals surface area contributed by atoms with Crippen molar-refractivity contribution < 1.29 is 14.3 Å². The fourth-order valence-electron chi connectivity index (χ4n) is 3.11. The molecular weight excluding hydrogens is 340 g/mol. The standard InChI is InChI=1S/C22H26N2O3/c1-22(2,3)27-21(26)24-19(18-13-14-23-18)20(25)17-12-8-7-11-16(17)15-9-5-4-6-10-15/h4-12,18-19,23H,13-14H2,1-3H3,(H,24,26). The Hall–Kier alpha value is -2.66. The van der Waals surface area contributed by atoms with Gasteiger partial charge in [-0.05, 0) is 44.9 Å². The van der Waals surface area contributed by atoms with Crippen LogP contribution in [0.15, 0.2) is 54.6 Å². The molecule has 1 aliphatic heterocycles. The maximum absolute atomic E-state index is 13.4. The highest BCUT2D eigenvalue weighted by molar-refractivity contribution is 6.07. The second-order valence-electron chi connectivity index (χ2n) is 7.75. The van der Waals surface area contributed by atoms with Crippen LogP contribution in [0.3, 0.4) is 0 Å². The molecule has 0 radical (unpaired) electrons. The van der Waals surface area contributed by atoms with Crippen LogP contribution in [0.1, 0.15) is 37.6 Å². The van der Waals surface area contributed by atoms with E-state index >= 15 is 0 Å². The highest BCUT2D eigenvalue weighted by atomic mass is 16.6. The number of alkyl carbamates (subject to hydrolysis) is 1. The third-order valence-corrected chi connectivity index (χ3v) is 4.50. The molecule has 1 fully saturated rings. The molecule has 0 aromatic heterocycles. The van der Waals surface area contributed by atoms with Crippen LogP contribution in [-0.4, -0.2) is 36.1 Å². The van der Waals surface area contributed by atoms with Crippen LogP contribution < -0.4 is 10.6 Å². The third-order valence-electron chi connectivity index (χ3n) is 4.50. The Bertz CT molecular complexity index is 808. The van der Waals surface area contributed by atoms with Gasteiger partial charge >= 0.3 is 6.09 Å². The average molecular weight is 366 g/mol. The summed E-state index contributed by atoms with van der Waals surface area (Å²) in [5, 5.41) is 6.01. The second kappa shape index (κ2) is 7.92. The van der Waals surface area contributed by atoms with Gasteiger partial charge in [0.1, 0.15) is 11.6 Å². The van der Waals surface area contributed by atoms with E-state index in [4.69, 9.17) is 4.74 Å². The number of hydrogen-bond acceptors (Lipinski definition) is 4. The molecule has 0 saturated carbocycles. The summed E-state index contributed by atoms with van der Waals surface area (Å²) in [5.74, 6) is -0.113. The van der Waals surface area contributed by atoms with E-state index in [0.717, 1.165) is 24.1 Å². The Balaban J connectivity index is 1.88. The predicted molar refractivity (Wildman–Crippen MR) is 106 cm³/mol. The van der Waals surface area contributed by atoms with Gasteiger partial charge < -0.3 is 15.4 Å². The molecule has 5 nitrogen and oxygen atoms in total. The number of ketones is 1. The molecule has 1 aliphatic rings. The van der Waals surface area contributed by atoms with E-state index in [2.05, 4.69) is 10.6 Å². The maximum Gasteiger partial charge on any atom is 0.408 e. The molecular formula is C22H26N2O3. The summed E-state index contributed by atoms with van der Waals surface area (Å²) in [5.41, 5.74) is 1.81. The lowest BCUT2D eigenvalue weighted by Crippen LogP contribution is -2.60. The number of amides is 1. The van der Waals surface area contributed by atoms with Gasteiger partial charge in [0.25, 0.3) is 0 Å². The Labute approximate surface area is 160 Å². The van der Waals surface area contributed by atoms with Crippen LogP contribution in [-0.2, 0) is 4.74 Å². The Morgan fingerprint density at radius 1 is 1.07 bits per heavy atom. The molecule has 0 bridgehead atoms. The predicted octanol–water partition coefficient (Wildman–Crippen LogP) is 3.79. The van der Waals surface area contributed by atoms with E-state index in [-0.39, 0.29) is 11.8 Å². The molecule has 2 N–H and O–H groups in total. The molecule has 1 heterocycles. The maximum atomic E-state index is 13.4. The minimum Gasteiger partial charge on any atom is -0.444 e. The number of benzene rings is 2. The first-order valence-corrected chi connectivity index (χ1v) is 9.27. The Morgan fingerprint density at radius 3 is 2.30 bits per heavy atom. The third kappa shape index (κ3) is 4.74. The monoisotopic (exact) mass is 366 g/mol. The van der Waals surface area contributed by atoms with Crippen molar-refractivity contribution in [2.24, 2.45) is 0 Å². The summed E-state index contributed by atoms with van der Waals surface area (Å²) in [6.45, 7) is 6.24. The number of rotatable bonds is 5. The zero-order chi connectivity index (χ0) is 19.4. The summed E-state index contributed by atoms with van der Waals surface area (Å²) < 4.78 is 5.36. The van der Waals surface area contributed by atoms with Crippen LogP contribution in [0.25, 0.3) is 11.1 Å². The largest absolute Gasteiger partial charge is 0.444 e. The van der Waals surface area contributed by atoms with Crippen LogP contribution in [0, 0.1) is 0 Å². The molecule has 2 aromatic carbocycles. The van der Waals surface area contributed by atoms with Gasteiger partial charge in [0, 0.05) is 11.6 Å². The van der Waals surface area contributed by atoms with Gasteiger partial charge in [-0.2, -0.15) is 0 Å². The molecule has 2 unspecified atom stereocenters. The van der Waals surface area contributed by atoms with E-state index < -0.39 is 17.7 Å². The van der Waals surface area contributed by atoms with Gasteiger partial charge in [-0.15, -0.1) is 0 Å². The normalized spacial score (nSPS) is 17.5. The fraction of sp³-hybridized carbons (Fsp3) is 0.364. The van der Waals surface area contributed by atoms with E-state index in [1.807, 2.05) is 54.6 Å². The second-order valence-corrected chi connectivity index (χ2v) is 7.75.